The maximum absolute atomic E-state index is 12.3. The van der Waals surface area contributed by atoms with Gasteiger partial charge in [0.25, 0.3) is 0 Å². The van der Waals surface area contributed by atoms with Crippen molar-refractivity contribution in [2.75, 3.05) is 13.7 Å². The normalized spacial score (nSPS) is 46.7. The van der Waals surface area contributed by atoms with Crippen molar-refractivity contribution in [1.82, 2.24) is 0 Å². The number of rotatable bonds is 4. The quantitative estimate of drug-likeness (QED) is 0.496. The fourth-order valence-electron chi connectivity index (χ4n) is 4.59. The molecule has 0 aromatic heterocycles. The molecule has 1 aliphatic carbocycles. The van der Waals surface area contributed by atoms with Crippen LogP contribution in [0.1, 0.15) is 34.1 Å². The van der Waals surface area contributed by atoms with E-state index >= 15 is 0 Å². The molecule has 8 atom stereocenters. The molecule has 0 unspecified atom stereocenters. The first-order valence-electron chi connectivity index (χ1n) is 10.1. The SMILES string of the molecule is COC(=O)C1=C[C@H]2O[C@H]2C[C@H]1O[C@@H]1[C@H]2OC(C)(C)O[C@H]2O[C@@H]1[C@@H]1COC(C)(C)O1. The highest BCUT2D eigenvalue weighted by Crippen LogP contribution is 2.44. The Balaban J connectivity index is 1.39. The molecule has 5 aliphatic rings. The van der Waals surface area contributed by atoms with Gasteiger partial charge in [-0.15, -0.1) is 0 Å². The first kappa shape index (κ1) is 19.9. The number of ether oxygens (including phenoxy) is 8. The highest BCUT2D eigenvalue weighted by atomic mass is 16.8. The molecule has 5 rings (SSSR count). The van der Waals surface area contributed by atoms with Crippen LogP contribution >= 0.6 is 0 Å². The minimum atomic E-state index is -0.785. The second-order valence-corrected chi connectivity index (χ2v) is 9.01. The van der Waals surface area contributed by atoms with Gasteiger partial charge in [0.1, 0.15) is 30.5 Å². The second kappa shape index (κ2) is 6.71. The van der Waals surface area contributed by atoms with Crippen LogP contribution < -0.4 is 0 Å². The predicted molar refractivity (Wildman–Crippen MR) is 95.6 cm³/mol. The summed E-state index contributed by atoms with van der Waals surface area (Å²) >= 11 is 0. The molecule has 0 radical (unpaired) electrons. The van der Waals surface area contributed by atoms with Crippen molar-refractivity contribution in [3.8, 4) is 0 Å². The largest absolute Gasteiger partial charge is 0.466 e. The summed E-state index contributed by atoms with van der Waals surface area (Å²) in [5.41, 5.74) is 0.468. The molecule has 4 saturated heterocycles. The van der Waals surface area contributed by atoms with Crippen LogP contribution in [0, 0.1) is 0 Å². The van der Waals surface area contributed by atoms with Crippen LogP contribution in [0.5, 0.6) is 0 Å². The highest BCUT2D eigenvalue weighted by molar-refractivity contribution is 5.90. The lowest BCUT2D eigenvalue weighted by Gasteiger charge is -2.32. The molecule has 162 valence electrons. The molecule has 0 saturated carbocycles. The van der Waals surface area contributed by atoms with Gasteiger partial charge in [-0.1, -0.05) is 0 Å². The van der Waals surface area contributed by atoms with Gasteiger partial charge in [-0.25, -0.2) is 4.79 Å². The maximum Gasteiger partial charge on any atom is 0.336 e. The van der Waals surface area contributed by atoms with Crippen molar-refractivity contribution in [1.29, 1.82) is 0 Å². The molecule has 0 N–H and O–H groups in total. The van der Waals surface area contributed by atoms with Crippen LogP contribution in [0.4, 0.5) is 0 Å². The molecule has 0 spiro atoms. The third kappa shape index (κ3) is 3.63. The van der Waals surface area contributed by atoms with E-state index in [1.54, 1.807) is 6.08 Å². The number of epoxide rings is 1. The van der Waals surface area contributed by atoms with Crippen molar-refractivity contribution in [2.24, 2.45) is 0 Å². The van der Waals surface area contributed by atoms with E-state index in [0.29, 0.717) is 18.6 Å². The summed E-state index contributed by atoms with van der Waals surface area (Å²) < 4.78 is 46.9. The van der Waals surface area contributed by atoms with Gasteiger partial charge in [0.2, 0.25) is 0 Å². The van der Waals surface area contributed by atoms with Gasteiger partial charge in [-0.3, -0.25) is 0 Å². The van der Waals surface area contributed by atoms with Crippen molar-refractivity contribution in [2.45, 2.75) is 94.7 Å². The Morgan fingerprint density at radius 2 is 1.83 bits per heavy atom. The van der Waals surface area contributed by atoms with E-state index in [9.17, 15) is 4.79 Å². The average Bonchev–Trinajstić information content (AvgIpc) is 3.08. The van der Waals surface area contributed by atoms with Crippen LogP contribution in [0.2, 0.25) is 0 Å². The fraction of sp³-hybridized carbons (Fsp3) is 0.850. The smallest absolute Gasteiger partial charge is 0.336 e. The number of carbonyl (C=O) groups excluding carboxylic acids is 1. The summed E-state index contributed by atoms with van der Waals surface area (Å²) in [5, 5.41) is 0. The van der Waals surface area contributed by atoms with E-state index < -0.39 is 48.2 Å². The lowest BCUT2D eigenvalue weighted by Crippen LogP contribution is -2.47. The van der Waals surface area contributed by atoms with Crippen molar-refractivity contribution < 1.29 is 42.7 Å². The predicted octanol–water partition coefficient (Wildman–Crippen LogP) is 1.04. The van der Waals surface area contributed by atoms with Gasteiger partial charge in [0.15, 0.2) is 17.9 Å². The third-order valence-corrected chi connectivity index (χ3v) is 5.93. The van der Waals surface area contributed by atoms with Crippen LogP contribution in [0.25, 0.3) is 0 Å². The number of esters is 1. The van der Waals surface area contributed by atoms with E-state index in [4.69, 9.17) is 37.9 Å². The van der Waals surface area contributed by atoms with Gasteiger partial charge in [0, 0.05) is 6.42 Å². The summed E-state index contributed by atoms with van der Waals surface area (Å²) in [4.78, 5) is 12.3. The third-order valence-electron chi connectivity index (χ3n) is 5.93. The topological polar surface area (TPSA) is 94.2 Å². The molecule has 4 aliphatic heterocycles. The van der Waals surface area contributed by atoms with Gasteiger partial charge in [-0.05, 0) is 33.8 Å². The van der Waals surface area contributed by atoms with Gasteiger partial charge < -0.3 is 37.9 Å². The molecule has 9 nitrogen and oxygen atoms in total. The number of hydrogen-bond donors (Lipinski definition) is 0. The van der Waals surface area contributed by atoms with Crippen molar-refractivity contribution >= 4 is 5.97 Å². The molecular weight excluding hydrogens is 384 g/mol. The summed E-state index contributed by atoms with van der Waals surface area (Å²) in [6.45, 7) is 7.76. The lowest BCUT2D eigenvalue weighted by atomic mass is 9.95. The van der Waals surface area contributed by atoms with E-state index in [2.05, 4.69) is 0 Å². The molecule has 4 fully saturated rings. The summed E-state index contributed by atoms with van der Waals surface area (Å²) in [7, 11) is 1.36. The van der Waals surface area contributed by atoms with Crippen molar-refractivity contribution in [3.63, 3.8) is 0 Å². The first-order valence-corrected chi connectivity index (χ1v) is 10.1. The number of methoxy groups -OCH3 is 1. The summed E-state index contributed by atoms with van der Waals surface area (Å²) in [6, 6.07) is 0. The maximum atomic E-state index is 12.3. The first-order chi connectivity index (χ1) is 13.7. The highest BCUT2D eigenvalue weighted by Gasteiger charge is 2.60. The zero-order chi connectivity index (χ0) is 20.6. The van der Waals surface area contributed by atoms with E-state index in [0.717, 1.165) is 0 Å². The Bertz CT molecular complexity index is 717. The second-order valence-electron chi connectivity index (χ2n) is 9.01. The molecule has 0 amide bonds. The molecule has 0 aromatic carbocycles. The standard InChI is InChI=1S/C20H28O9/c1-19(2)23-8-13(27-19)14-15(16-18(26-14)29-20(3,4)28-16)25-10-7-12-11(24-12)6-9(10)17(21)22-5/h6,10-16,18H,7-8H2,1-5H3/t10-,11-,12+,13+,14-,15+,16-,18-/m1/s1. The Kier molecular flexibility index (Phi) is 4.60. The number of fused-ring (bicyclic) bond motifs is 2. The van der Waals surface area contributed by atoms with Gasteiger partial charge >= 0.3 is 5.97 Å². The molecule has 0 bridgehead atoms. The van der Waals surface area contributed by atoms with Crippen molar-refractivity contribution in [3.05, 3.63) is 11.6 Å². The fourth-order valence-corrected chi connectivity index (χ4v) is 4.59. The summed E-state index contributed by atoms with van der Waals surface area (Å²) in [5.74, 6) is -1.90. The van der Waals surface area contributed by atoms with Crippen LogP contribution in [0.3, 0.4) is 0 Å². The van der Waals surface area contributed by atoms with Crippen LogP contribution in [-0.4, -0.2) is 80.3 Å². The Labute approximate surface area is 169 Å². The molecule has 0 aromatic rings. The van der Waals surface area contributed by atoms with Crippen LogP contribution in [-0.2, 0) is 42.7 Å². The zero-order valence-corrected chi connectivity index (χ0v) is 17.3. The van der Waals surface area contributed by atoms with E-state index in [-0.39, 0.29) is 18.3 Å². The number of carbonyl (C=O) groups is 1. The van der Waals surface area contributed by atoms with Gasteiger partial charge in [0.05, 0.1) is 31.5 Å². The van der Waals surface area contributed by atoms with E-state index in [1.165, 1.54) is 7.11 Å². The Morgan fingerprint density at radius 3 is 2.52 bits per heavy atom. The van der Waals surface area contributed by atoms with E-state index in [1.807, 2.05) is 27.7 Å². The summed E-state index contributed by atoms with van der Waals surface area (Å²) in [6.07, 6.45) is -0.413. The Morgan fingerprint density at radius 1 is 1.03 bits per heavy atom. The lowest BCUT2D eigenvalue weighted by molar-refractivity contribution is -0.238. The molecule has 4 heterocycles. The average molecular weight is 412 g/mol. The molecule has 29 heavy (non-hydrogen) atoms. The Hall–Kier alpha value is -1.07. The molecular formula is C20H28O9. The molecule has 9 heteroatoms. The zero-order valence-electron chi connectivity index (χ0n) is 17.3. The number of hydrogen-bond acceptors (Lipinski definition) is 9. The van der Waals surface area contributed by atoms with Gasteiger partial charge in [-0.2, -0.15) is 0 Å². The minimum Gasteiger partial charge on any atom is -0.466 e. The minimum absolute atomic E-state index is 0.0373. The van der Waals surface area contributed by atoms with Crippen LogP contribution in [0.15, 0.2) is 11.6 Å². The monoisotopic (exact) mass is 412 g/mol.